The van der Waals surface area contributed by atoms with Crippen molar-refractivity contribution in [2.24, 2.45) is 18.0 Å². The third-order valence-electron chi connectivity index (χ3n) is 4.20. The van der Waals surface area contributed by atoms with Gasteiger partial charge in [-0.25, -0.2) is 4.99 Å². The number of amides is 1. The van der Waals surface area contributed by atoms with Gasteiger partial charge in [-0.3, -0.25) is 9.48 Å². The number of methoxy groups -OCH3 is 1. The minimum Gasteiger partial charge on any atom is -0.383 e. The fraction of sp³-hybridized carbons (Fsp3) is 0.706. The molecule has 140 valence electrons. The molecule has 1 amide bonds. The SMILES string of the molecule is CCNC(=NCC(=O)NCCOC)N1CCC(Cc2cnn(C)c2)C1. The molecule has 1 aromatic heterocycles. The summed E-state index contributed by atoms with van der Waals surface area (Å²) in [4.78, 5) is 18.5. The van der Waals surface area contributed by atoms with Crippen LogP contribution in [-0.2, 0) is 23.0 Å². The van der Waals surface area contributed by atoms with Gasteiger partial charge in [-0.05, 0) is 31.2 Å². The van der Waals surface area contributed by atoms with Crippen molar-refractivity contribution >= 4 is 11.9 Å². The number of rotatable bonds is 8. The van der Waals surface area contributed by atoms with Crippen molar-refractivity contribution in [1.29, 1.82) is 0 Å². The lowest BCUT2D eigenvalue weighted by Gasteiger charge is -2.21. The molecule has 2 rings (SSSR count). The molecule has 0 aliphatic carbocycles. The Morgan fingerprint density at radius 3 is 3.00 bits per heavy atom. The molecule has 0 radical (unpaired) electrons. The summed E-state index contributed by atoms with van der Waals surface area (Å²) in [6.45, 7) is 5.89. The molecule has 25 heavy (non-hydrogen) atoms. The number of nitrogens with zero attached hydrogens (tertiary/aromatic N) is 4. The molecule has 1 fully saturated rings. The van der Waals surface area contributed by atoms with Crippen molar-refractivity contribution in [3.05, 3.63) is 18.0 Å². The van der Waals surface area contributed by atoms with Gasteiger partial charge >= 0.3 is 0 Å². The number of aliphatic imine (C=N–C) groups is 1. The van der Waals surface area contributed by atoms with Crippen LogP contribution in [0.1, 0.15) is 18.9 Å². The van der Waals surface area contributed by atoms with E-state index in [-0.39, 0.29) is 12.5 Å². The smallest absolute Gasteiger partial charge is 0.241 e. The van der Waals surface area contributed by atoms with Crippen molar-refractivity contribution in [1.82, 2.24) is 25.3 Å². The normalized spacial score (nSPS) is 17.8. The van der Waals surface area contributed by atoms with E-state index in [4.69, 9.17) is 4.74 Å². The van der Waals surface area contributed by atoms with E-state index < -0.39 is 0 Å². The number of aromatic nitrogens is 2. The van der Waals surface area contributed by atoms with Gasteiger partial charge < -0.3 is 20.3 Å². The minimum absolute atomic E-state index is 0.0847. The van der Waals surface area contributed by atoms with Gasteiger partial charge in [0.2, 0.25) is 5.91 Å². The summed E-state index contributed by atoms with van der Waals surface area (Å²) in [5, 5.41) is 10.3. The zero-order valence-electron chi connectivity index (χ0n) is 15.5. The van der Waals surface area contributed by atoms with E-state index in [1.54, 1.807) is 7.11 Å². The highest BCUT2D eigenvalue weighted by Crippen LogP contribution is 2.20. The maximum absolute atomic E-state index is 11.8. The summed E-state index contributed by atoms with van der Waals surface area (Å²) in [5.74, 6) is 1.32. The third-order valence-corrected chi connectivity index (χ3v) is 4.20. The number of hydrogen-bond donors (Lipinski definition) is 2. The Kier molecular flexibility index (Phi) is 7.72. The monoisotopic (exact) mass is 350 g/mol. The number of guanidine groups is 1. The van der Waals surface area contributed by atoms with Gasteiger partial charge in [0.05, 0.1) is 12.8 Å². The van der Waals surface area contributed by atoms with Crippen LogP contribution in [0.25, 0.3) is 0 Å². The number of hydrogen-bond acceptors (Lipinski definition) is 4. The molecule has 1 unspecified atom stereocenters. The second-order valence-electron chi connectivity index (χ2n) is 6.34. The first-order valence-corrected chi connectivity index (χ1v) is 8.88. The van der Waals surface area contributed by atoms with Gasteiger partial charge in [0.1, 0.15) is 6.54 Å². The number of aryl methyl sites for hydroxylation is 1. The maximum Gasteiger partial charge on any atom is 0.241 e. The average molecular weight is 350 g/mol. The third kappa shape index (κ3) is 6.38. The van der Waals surface area contributed by atoms with Crippen molar-refractivity contribution in [2.45, 2.75) is 19.8 Å². The molecular formula is C17H30N6O2. The van der Waals surface area contributed by atoms with Crippen LogP contribution in [0.2, 0.25) is 0 Å². The van der Waals surface area contributed by atoms with E-state index in [1.165, 1.54) is 5.56 Å². The fourth-order valence-corrected chi connectivity index (χ4v) is 3.02. The van der Waals surface area contributed by atoms with Gasteiger partial charge in [0, 0.05) is 46.5 Å². The standard InChI is InChI=1S/C17H30N6O2/c1-4-18-17(20-11-16(24)19-6-8-25-3)23-7-5-14(13-23)9-15-10-21-22(2)12-15/h10,12,14H,4-9,11,13H2,1-3H3,(H,18,20)(H,19,24). The molecule has 1 saturated heterocycles. The number of ether oxygens (including phenoxy) is 1. The van der Waals surface area contributed by atoms with E-state index in [0.717, 1.165) is 38.4 Å². The second kappa shape index (κ2) is 10.0. The lowest BCUT2D eigenvalue weighted by molar-refractivity contribution is -0.119. The van der Waals surface area contributed by atoms with Crippen molar-refractivity contribution < 1.29 is 9.53 Å². The van der Waals surface area contributed by atoms with Crippen LogP contribution in [0.4, 0.5) is 0 Å². The van der Waals surface area contributed by atoms with Crippen LogP contribution < -0.4 is 10.6 Å². The molecule has 1 aromatic rings. The van der Waals surface area contributed by atoms with Crippen molar-refractivity contribution in [2.75, 3.05) is 46.4 Å². The van der Waals surface area contributed by atoms with Crippen molar-refractivity contribution in [3.8, 4) is 0 Å². The van der Waals surface area contributed by atoms with Gasteiger partial charge in [-0.2, -0.15) is 5.10 Å². The summed E-state index contributed by atoms with van der Waals surface area (Å²) in [7, 11) is 3.56. The molecule has 1 aliphatic heterocycles. The lowest BCUT2D eigenvalue weighted by atomic mass is 10.0. The number of carbonyl (C=O) groups excluding carboxylic acids is 1. The molecule has 1 aliphatic rings. The predicted molar refractivity (Wildman–Crippen MR) is 97.5 cm³/mol. The number of likely N-dealkylation sites (tertiary alicyclic amines) is 1. The topological polar surface area (TPSA) is 83.8 Å². The summed E-state index contributed by atoms with van der Waals surface area (Å²) < 4.78 is 6.77. The highest BCUT2D eigenvalue weighted by Gasteiger charge is 2.25. The van der Waals surface area contributed by atoms with Crippen LogP contribution in [0.3, 0.4) is 0 Å². The van der Waals surface area contributed by atoms with E-state index in [9.17, 15) is 4.79 Å². The molecular weight excluding hydrogens is 320 g/mol. The Balaban J connectivity index is 1.84. The quantitative estimate of drug-likeness (QED) is 0.392. The highest BCUT2D eigenvalue weighted by molar-refractivity contribution is 5.85. The molecule has 1 atom stereocenters. The van der Waals surface area contributed by atoms with E-state index in [1.807, 2.05) is 24.9 Å². The largest absolute Gasteiger partial charge is 0.383 e. The van der Waals surface area contributed by atoms with Crippen LogP contribution in [0.15, 0.2) is 17.4 Å². The van der Waals surface area contributed by atoms with Gasteiger partial charge in [-0.1, -0.05) is 0 Å². The first-order chi connectivity index (χ1) is 12.1. The van der Waals surface area contributed by atoms with E-state index >= 15 is 0 Å². The number of nitrogens with one attached hydrogen (secondary N) is 2. The van der Waals surface area contributed by atoms with Crippen LogP contribution >= 0.6 is 0 Å². The predicted octanol–water partition coefficient (Wildman–Crippen LogP) is 0.0126. The molecule has 0 aromatic carbocycles. The van der Waals surface area contributed by atoms with Crippen molar-refractivity contribution in [3.63, 3.8) is 0 Å². The second-order valence-corrected chi connectivity index (χ2v) is 6.34. The average Bonchev–Trinajstić information content (AvgIpc) is 3.21. The lowest BCUT2D eigenvalue weighted by Crippen LogP contribution is -2.41. The molecule has 2 heterocycles. The Hall–Kier alpha value is -2.09. The maximum atomic E-state index is 11.8. The van der Waals surface area contributed by atoms with Crippen LogP contribution in [0.5, 0.6) is 0 Å². The summed E-state index contributed by atoms with van der Waals surface area (Å²) in [5.41, 5.74) is 1.27. The van der Waals surface area contributed by atoms with Crippen LogP contribution in [0, 0.1) is 5.92 Å². The minimum atomic E-state index is -0.0847. The molecule has 2 N–H and O–H groups in total. The summed E-state index contributed by atoms with van der Waals surface area (Å²) >= 11 is 0. The number of carbonyl (C=O) groups is 1. The highest BCUT2D eigenvalue weighted by atomic mass is 16.5. The molecule has 8 nitrogen and oxygen atoms in total. The van der Waals surface area contributed by atoms with E-state index in [0.29, 0.717) is 19.1 Å². The van der Waals surface area contributed by atoms with E-state index in [2.05, 4.69) is 31.8 Å². The Morgan fingerprint density at radius 2 is 2.32 bits per heavy atom. The molecule has 8 heteroatoms. The fourth-order valence-electron chi connectivity index (χ4n) is 3.02. The molecule has 0 saturated carbocycles. The van der Waals surface area contributed by atoms with Crippen LogP contribution in [-0.4, -0.2) is 73.0 Å². The zero-order valence-corrected chi connectivity index (χ0v) is 15.5. The summed E-state index contributed by atoms with van der Waals surface area (Å²) in [6.07, 6.45) is 6.17. The zero-order chi connectivity index (χ0) is 18.1. The van der Waals surface area contributed by atoms with Gasteiger partial charge in [-0.15, -0.1) is 0 Å². The summed E-state index contributed by atoms with van der Waals surface area (Å²) in [6, 6.07) is 0. The van der Waals surface area contributed by atoms with Gasteiger partial charge in [0.25, 0.3) is 0 Å². The first kappa shape index (κ1) is 19.2. The Labute approximate surface area is 149 Å². The molecule has 0 bridgehead atoms. The van der Waals surface area contributed by atoms with Gasteiger partial charge in [0.15, 0.2) is 5.96 Å². The molecule has 0 spiro atoms. The first-order valence-electron chi connectivity index (χ1n) is 8.88. The Bertz CT molecular complexity index is 571. The Morgan fingerprint density at radius 1 is 1.48 bits per heavy atom.